The highest BCUT2D eigenvalue weighted by molar-refractivity contribution is 7.90. The molecule has 0 aromatic rings. The van der Waals surface area contributed by atoms with Crippen molar-refractivity contribution < 1.29 is 17.9 Å². The van der Waals surface area contributed by atoms with Gasteiger partial charge in [-0.3, -0.25) is 4.99 Å². The number of hydrogen-bond donors (Lipinski definition) is 2. The maximum Gasteiger partial charge on any atom is 0.191 e. The third kappa shape index (κ3) is 9.97. The van der Waals surface area contributed by atoms with Crippen molar-refractivity contribution in [1.29, 1.82) is 0 Å². The van der Waals surface area contributed by atoms with Crippen LogP contribution in [0.1, 0.15) is 19.8 Å². The van der Waals surface area contributed by atoms with Crippen LogP contribution in [0.5, 0.6) is 0 Å². The molecule has 1 aliphatic rings. The number of rotatable bonds is 10. The SMILES string of the molecule is CCNC(=NCCCOCC1CCOC1)NCCS(C)(=O)=O. The second-order valence-corrected chi connectivity index (χ2v) is 7.74. The van der Waals surface area contributed by atoms with Crippen LogP contribution in [0.4, 0.5) is 0 Å². The molecule has 1 atom stereocenters. The van der Waals surface area contributed by atoms with Gasteiger partial charge in [0.15, 0.2) is 5.96 Å². The zero-order chi connectivity index (χ0) is 16.3. The quantitative estimate of drug-likeness (QED) is 0.333. The van der Waals surface area contributed by atoms with Crippen molar-refractivity contribution in [3.63, 3.8) is 0 Å². The van der Waals surface area contributed by atoms with Crippen LogP contribution in [0.25, 0.3) is 0 Å². The van der Waals surface area contributed by atoms with E-state index < -0.39 is 9.84 Å². The maximum absolute atomic E-state index is 11.1. The zero-order valence-electron chi connectivity index (χ0n) is 13.6. The lowest BCUT2D eigenvalue weighted by Crippen LogP contribution is -2.39. The summed E-state index contributed by atoms with van der Waals surface area (Å²) in [6, 6.07) is 0. The van der Waals surface area contributed by atoms with Gasteiger partial charge < -0.3 is 20.1 Å². The predicted octanol–water partition coefficient (Wildman–Crippen LogP) is 0.0293. The van der Waals surface area contributed by atoms with Crippen LogP contribution in [0.15, 0.2) is 4.99 Å². The third-order valence-corrected chi connectivity index (χ3v) is 4.15. The minimum atomic E-state index is -2.95. The molecule has 7 nitrogen and oxygen atoms in total. The molecule has 22 heavy (non-hydrogen) atoms. The second-order valence-electron chi connectivity index (χ2n) is 5.48. The Hall–Kier alpha value is -0.860. The van der Waals surface area contributed by atoms with Crippen LogP contribution in [-0.2, 0) is 19.3 Å². The van der Waals surface area contributed by atoms with E-state index in [0.717, 1.165) is 39.2 Å². The van der Waals surface area contributed by atoms with Gasteiger partial charge in [0, 0.05) is 45.0 Å². The molecular formula is C14H29N3O4S. The van der Waals surface area contributed by atoms with E-state index in [0.29, 0.717) is 31.6 Å². The molecule has 0 aliphatic carbocycles. The predicted molar refractivity (Wildman–Crippen MR) is 88.1 cm³/mol. The molecular weight excluding hydrogens is 306 g/mol. The summed E-state index contributed by atoms with van der Waals surface area (Å²) in [6.07, 6.45) is 3.16. The number of nitrogens with zero attached hydrogens (tertiary/aromatic N) is 1. The van der Waals surface area contributed by atoms with Crippen molar-refractivity contribution in [2.24, 2.45) is 10.9 Å². The Morgan fingerprint density at radius 2 is 2.23 bits per heavy atom. The first-order chi connectivity index (χ1) is 10.5. The highest BCUT2D eigenvalue weighted by Gasteiger charge is 2.15. The summed E-state index contributed by atoms with van der Waals surface area (Å²) in [5, 5.41) is 6.11. The Balaban J connectivity index is 2.12. The van der Waals surface area contributed by atoms with E-state index in [9.17, 15) is 8.42 Å². The third-order valence-electron chi connectivity index (χ3n) is 3.20. The summed E-state index contributed by atoms with van der Waals surface area (Å²) < 4.78 is 33.1. The number of ether oxygens (including phenoxy) is 2. The summed E-state index contributed by atoms with van der Waals surface area (Å²) in [5.41, 5.74) is 0. The molecule has 2 N–H and O–H groups in total. The van der Waals surface area contributed by atoms with E-state index in [1.54, 1.807) is 0 Å². The van der Waals surface area contributed by atoms with Gasteiger partial charge in [-0.15, -0.1) is 0 Å². The van der Waals surface area contributed by atoms with Crippen LogP contribution in [0.2, 0.25) is 0 Å². The first kappa shape index (κ1) is 19.2. The molecule has 0 bridgehead atoms. The monoisotopic (exact) mass is 335 g/mol. The van der Waals surface area contributed by atoms with Crippen molar-refractivity contribution >= 4 is 15.8 Å². The van der Waals surface area contributed by atoms with Crippen molar-refractivity contribution in [3.05, 3.63) is 0 Å². The normalized spacial score (nSPS) is 19.4. The summed E-state index contributed by atoms with van der Waals surface area (Å²) in [4.78, 5) is 4.40. The number of aliphatic imine (C=N–C) groups is 1. The molecule has 1 fully saturated rings. The van der Waals surface area contributed by atoms with Gasteiger partial charge in [-0.2, -0.15) is 0 Å². The van der Waals surface area contributed by atoms with Gasteiger partial charge in [-0.1, -0.05) is 0 Å². The Morgan fingerprint density at radius 3 is 2.86 bits per heavy atom. The fourth-order valence-electron chi connectivity index (χ4n) is 2.02. The van der Waals surface area contributed by atoms with Crippen molar-refractivity contribution in [1.82, 2.24) is 10.6 Å². The summed E-state index contributed by atoms with van der Waals surface area (Å²) >= 11 is 0. The molecule has 1 aliphatic heterocycles. The lowest BCUT2D eigenvalue weighted by atomic mass is 10.1. The van der Waals surface area contributed by atoms with Crippen molar-refractivity contribution in [2.75, 3.05) is 58.1 Å². The Kier molecular flexibility index (Phi) is 9.42. The molecule has 1 saturated heterocycles. The number of sulfone groups is 1. The average Bonchev–Trinajstić information content (AvgIpc) is 2.94. The van der Waals surface area contributed by atoms with Gasteiger partial charge in [-0.25, -0.2) is 8.42 Å². The summed E-state index contributed by atoms with van der Waals surface area (Å²) in [7, 11) is -2.95. The Bertz CT molecular complexity index is 420. The van der Waals surface area contributed by atoms with Crippen LogP contribution in [0, 0.1) is 5.92 Å². The van der Waals surface area contributed by atoms with Crippen LogP contribution in [0.3, 0.4) is 0 Å². The van der Waals surface area contributed by atoms with Gasteiger partial charge in [0.25, 0.3) is 0 Å². The van der Waals surface area contributed by atoms with E-state index in [1.807, 2.05) is 6.92 Å². The fourth-order valence-corrected chi connectivity index (χ4v) is 2.49. The van der Waals surface area contributed by atoms with E-state index in [2.05, 4.69) is 15.6 Å². The van der Waals surface area contributed by atoms with Gasteiger partial charge in [0.05, 0.1) is 19.0 Å². The van der Waals surface area contributed by atoms with Crippen LogP contribution in [-0.4, -0.2) is 72.4 Å². The number of hydrogen-bond acceptors (Lipinski definition) is 5. The number of nitrogens with one attached hydrogen (secondary N) is 2. The second kappa shape index (κ2) is 10.8. The van der Waals surface area contributed by atoms with E-state index in [-0.39, 0.29) is 5.75 Å². The molecule has 130 valence electrons. The molecule has 0 amide bonds. The van der Waals surface area contributed by atoms with Gasteiger partial charge in [0.1, 0.15) is 9.84 Å². The van der Waals surface area contributed by atoms with E-state index in [1.165, 1.54) is 6.26 Å². The maximum atomic E-state index is 11.1. The Labute approximate surface area is 133 Å². The highest BCUT2D eigenvalue weighted by atomic mass is 32.2. The topological polar surface area (TPSA) is 89.0 Å². The zero-order valence-corrected chi connectivity index (χ0v) is 14.5. The van der Waals surface area contributed by atoms with Crippen molar-refractivity contribution in [3.8, 4) is 0 Å². The smallest absolute Gasteiger partial charge is 0.191 e. The molecule has 0 aromatic carbocycles. The lowest BCUT2D eigenvalue weighted by molar-refractivity contribution is 0.0893. The summed E-state index contributed by atoms with van der Waals surface area (Å²) in [6.45, 7) is 6.83. The van der Waals surface area contributed by atoms with Gasteiger partial charge in [0.2, 0.25) is 0 Å². The summed E-state index contributed by atoms with van der Waals surface area (Å²) in [5.74, 6) is 1.29. The molecule has 1 heterocycles. The fraction of sp³-hybridized carbons (Fsp3) is 0.929. The standard InChI is InChI=1S/C14H29N3O4S/c1-3-15-14(17-7-10-22(2,18)19)16-6-4-8-20-11-13-5-9-21-12-13/h13H,3-12H2,1-2H3,(H2,15,16,17). The van der Waals surface area contributed by atoms with Crippen molar-refractivity contribution in [2.45, 2.75) is 19.8 Å². The molecule has 1 unspecified atom stereocenters. The molecule has 0 radical (unpaired) electrons. The first-order valence-electron chi connectivity index (χ1n) is 7.86. The highest BCUT2D eigenvalue weighted by Crippen LogP contribution is 2.12. The largest absolute Gasteiger partial charge is 0.381 e. The van der Waals surface area contributed by atoms with Crippen LogP contribution >= 0.6 is 0 Å². The minimum absolute atomic E-state index is 0.101. The molecule has 8 heteroatoms. The van der Waals surface area contributed by atoms with Crippen LogP contribution < -0.4 is 10.6 Å². The van der Waals surface area contributed by atoms with E-state index >= 15 is 0 Å². The van der Waals surface area contributed by atoms with Gasteiger partial charge in [-0.05, 0) is 19.8 Å². The lowest BCUT2D eigenvalue weighted by Gasteiger charge is -2.11. The first-order valence-corrected chi connectivity index (χ1v) is 9.92. The molecule has 0 saturated carbocycles. The van der Waals surface area contributed by atoms with E-state index in [4.69, 9.17) is 9.47 Å². The average molecular weight is 335 g/mol. The molecule has 0 spiro atoms. The Morgan fingerprint density at radius 1 is 1.41 bits per heavy atom. The molecule has 1 rings (SSSR count). The molecule has 0 aromatic heterocycles. The van der Waals surface area contributed by atoms with Gasteiger partial charge >= 0.3 is 0 Å². The number of guanidine groups is 1. The minimum Gasteiger partial charge on any atom is -0.381 e.